The fourth-order valence-corrected chi connectivity index (χ4v) is 4.00. The summed E-state index contributed by atoms with van der Waals surface area (Å²) in [5, 5.41) is 18.6. The van der Waals surface area contributed by atoms with E-state index < -0.39 is 0 Å². The molecule has 1 aromatic heterocycles. The molecule has 2 N–H and O–H groups in total. The first-order valence-electron chi connectivity index (χ1n) is 7.69. The number of nitrogens with one attached hydrogen (secondary N) is 2. The minimum absolute atomic E-state index is 0.555. The number of anilines is 1. The average molecular weight is 314 g/mol. The molecule has 114 valence electrons. The van der Waals surface area contributed by atoms with Gasteiger partial charge < -0.3 is 10.6 Å². The zero-order valence-electron chi connectivity index (χ0n) is 12.1. The summed E-state index contributed by atoms with van der Waals surface area (Å²) >= 11 is 5.44. The Morgan fingerprint density at radius 2 is 2.05 bits per heavy atom. The third kappa shape index (κ3) is 2.68. The fourth-order valence-electron chi connectivity index (χ4n) is 3.73. The molecule has 3 atom stereocenters. The molecule has 2 aliphatic rings. The second-order valence-corrected chi connectivity index (χ2v) is 6.59. The second-order valence-electron chi connectivity index (χ2n) is 6.18. The Kier molecular flexibility index (Phi) is 3.49. The summed E-state index contributed by atoms with van der Waals surface area (Å²) in [5.74, 6) is 1.73. The maximum atomic E-state index is 5.44. The molecular weight excluding hydrogens is 296 g/mol. The number of nitrogens with zero attached hydrogens (tertiary/aromatic N) is 4. The SMILES string of the molecule is S=C(Nc1ccc(-n2cnnn2)cc1)N[C@H]1C[C@H]2CC[C@H]1C2. The molecule has 6 nitrogen and oxygen atoms in total. The Balaban J connectivity index is 1.35. The standard InChI is InChI=1S/C15H18N6S/c22-15(18-14-8-10-1-2-11(14)7-10)17-12-3-5-13(6-4-12)21-9-16-19-20-21/h3-6,9-11,14H,1-2,7-8H2,(H2,17,18,22)/t10-,11-,14-/m0/s1. The van der Waals surface area contributed by atoms with Gasteiger partial charge in [-0.05, 0) is 78.0 Å². The largest absolute Gasteiger partial charge is 0.359 e. The van der Waals surface area contributed by atoms with Crippen LogP contribution in [0, 0.1) is 11.8 Å². The number of hydrogen-bond donors (Lipinski definition) is 2. The predicted molar refractivity (Wildman–Crippen MR) is 87.7 cm³/mol. The van der Waals surface area contributed by atoms with Gasteiger partial charge in [0.2, 0.25) is 0 Å². The molecule has 0 amide bonds. The third-order valence-corrected chi connectivity index (χ3v) is 5.01. The van der Waals surface area contributed by atoms with Crippen LogP contribution in [0.15, 0.2) is 30.6 Å². The highest BCUT2D eigenvalue weighted by Crippen LogP contribution is 2.44. The van der Waals surface area contributed by atoms with Crippen molar-refractivity contribution < 1.29 is 0 Å². The monoisotopic (exact) mass is 314 g/mol. The van der Waals surface area contributed by atoms with Gasteiger partial charge >= 0.3 is 0 Å². The van der Waals surface area contributed by atoms with Crippen LogP contribution in [0.25, 0.3) is 5.69 Å². The quantitative estimate of drug-likeness (QED) is 0.846. The Hall–Kier alpha value is -2.02. The van der Waals surface area contributed by atoms with E-state index in [1.165, 1.54) is 25.7 Å². The minimum atomic E-state index is 0.555. The highest BCUT2D eigenvalue weighted by molar-refractivity contribution is 7.80. The normalized spacial score (nSPS) is 26.1. The average Bonchev–Trinajstić information content (AvgIpc) is 3.25. The molecule has 1 aromatic carbocycles. The van der Waals surface area contributed by atoms with Gasteiger partial charge in [0.1, 0.15) is 6.33 Å². The summed E-state index contributed by atoms with van der Waals surface area (Å²) in [6.45, 7) is 0. The smallest absolute Gasteiger partial charge is 0.171 e. The molecule has 2 aliphatic carbocycles. The molecule has 7 heteroatoms. The molecular formula is C15H18N6S. The van der Waals surface area contributed by atoms with Crippen LogP contribution < -0.4 is 10.6 Å². The van der Waals surface area contributed by atoms with Crippen LogP contribution in [-0.2, 0) is 0 Å². The first-order chi connectivity index (χ1) is 10.8. The number of thiocarbonyl (C=S) groups is 1. The lowest BCUT2D eigenvalue weighted by molar-refractivity contribution is 0.392. The lowest BCUT2D eigenvalue weighted by Gasteiger charge is -2.24. The summed E-state index contributed by atoms with van der Waals surface area (Å²) in [7, 11) is 0. The number of hydrogen-bond acceptors (Lipinski definition) is 4. The molecule has 2 aromatic rings. The maximum absolute atomic E-state index is 5.44. The Labute approximate surface area is 134 Å². The van der Waals surface area contributed by atoms with Gasteiger partial charge in [-0.2, -0.15) is 0 Å². The van der Waals surface area contributed by atoms with E-state index in [-0.39, 0.29) is 0 Å². The molecule has 4 rings (SSSR count). The predicted octanol–water partition coefficient (Wildman–Crippen LogP) is 2.14. The molecule has 2 bridgehead atoms. The van der Waals surface area contributed by atoms with Crippen molar-refractivity contribution >= 4 is 23.0 Å². The van der Waals surface area contributed by atoms with Crippen molar-refractivity contribution in [2.24, 2.45) is 11.8 Å². The summed E-state index contributed by atoms with van der Waals surface area (Å²) in [6, 6.07) is 8.43. The molecule has 0 radical (unpaired) electrons. The summed E-state index contributed by atoms with van der Waals surface area (Å²) in [4.78, 5) is 0. The van der Waals surface area contributed by atoms with E-state index >= 15 is 0 Å². The van der Waals surface area contributed by atoms with E-state index in [0.717, 1.165) is 23.2 Å². The van der Waals surface area contributed by atoms with Crippen LogP contribution >= 0.6 is 12.2 Å². The summed E-state index contributed by atoms with van der Waals surface area (Å²) in [6.07, 6.45) is 6.97. The van der Waals surface area contributed by atoms with Crippen LogP contribution in [0.3, 0.4) is 0 Å². The van der Waals surface area contributed by atoms with Gasteiger partial charge in [-0.1, -0.05) is 6.42 Å². The first-order valence-corrected chi connectivity index (χ1v) is 8.10. The lowest BCUT2D eigenvalue weighted by Crippen LogP contribution is -2.40. The summed E-state index contributed by atoms with van der Waals surface area (Å²) < 4.78 is 1.62. The number of benzene rings is 1. The van der Waals surface area contributed by atoms with Crippen molar-refractivity contribution in [1.29, 1.82) is 0 Å². The number of aromatic nitrogens is 4. The van der Waals surface area contributed by atoms with Crippen LogP contribution in [0.4, 0.5) is 5.69 Å². The molecule has 22 heavy (non-hydrogen) atoms. The zero-order valence-corrected chi connectivity index (χ0v) is 13.0. The highest BCUT2D eigenvalue weighted by atomic mass is 32.1. The molecule has 0 saturated heterocycles. The van der Waals surface area contributed by atoms with Crippen LogP contribution in [0.5, 0.6) is 0 Å². The lowest BCUT2D eigenvalue weighted by atomic mass is 9.96. The molecule has 0 aliphatic heterocycles. The first kappa shape index (κ1) is 13.6. The topological polar surface area (TPSA) is 67.7 Å². The third-order valence-electron chi connectivity index (χ3n) is 4.79. The van der Waals surface area contributed by atoms with Crippen molar-refractivity contribution in [3.63, 3.8) is 0 Å². The Morgan fingerprint density at radius 1 is 1.18 bits per heavy atom. The minimum Gasteiger partial charge on any atom is -0.359 e. The zero-order chi connectivity index (χ0) is 14.9. The van der Waals surface area contributed by atoms with Gasteiger partial charge in [0.25, 0.3) is 0 Å². The highest BCUT2D eigenvalue weighted by Gasteiger charge is 2.39. The van der Waals surface area contributed by atoms with E-state index in [0.29, 0.717) is 11.2 Å². The fraction of sp³-hybridized carbons (Fsp3) is 0.467. The van der Waals surface area contributed by atoms with Crippen molar-refractivity contribution in [2.45, 2.75) is 31.7 Å². The van der Waals surface area contributed by atoms with Gasteiger partial charge in [0.05, 0.1) is 5.69 Å². The van der Waals surface area contributed by atoms with Crippen LogP contribution in [-0.4, -0.2) is 31.4 Å². The van der Waals surface area contributed by atoms with Crippen molar-refractivity contribution in [3.05, 3.63) is 30.6 Å². The Bertz CT molecular complexity index is 653. The van der Waals surface area contributed by atoms with E-state index in [1.807, 2.05) is 24.3 Å². The van der Waals surface area contributed by atoms with Gasteiger partial charge in [-0.25, -0.2) is 4.68 Å². The van der Waals surface area contributed by atoms with Crippen molar-refractivity contribution in [2.75, 3.05) is 5.32 Å². The van der Waals surface area contributed by atoms with Gasteiger partial charge in [-0.15, -0.1) is 5.10 Å². The molecule has 1 heterocycles. The van der Waals surface area contributed by atoms with Gasteiger partial charge in [0, 0.05) is 11.7 Å². The van der Waals surface area contributed by atoms with Gasteiger partial charge in [0.15, 0.2) is 5.11 Å². The van der Waals surface area contributed by atoms with Crippen molar-refractivity contribution in [3.8, 4) is 5.69 Å². The maximum Gasteiger partial charge on any atom is 0.171 e. The Morgan fingerprint density at radius 3 is 2.68 bits per heavy atom. The van der Waals surface area contributed by atoms with Crippen molar-refractivity contribution in [1.82, 2.24) is 25.5 Å². The number of tetrazole rings is 1. The molecule has 2 saturated carbocycles. The van der Waals surface area contributed by atoms with E-state index in [1.54, 1.807) is 11.0 Å². The van der Waals surface area contributed by atoms with Crippen LogP contribution in [0.2, 0.25) is 0 Å². The molecule has 0 spiro atoms. The second kappa shape index (κ2) is 5.64. The van der Waals surface area contributed by atoms with E-state index in [2.05, 4.69) is 26.2 Å². The van der Waals surface area contributed by atoms with E-state index in [4.69, 9.17) is 12.2 Å². The van der Waals surface area contributed by atoms with E-state index in [9.17, 15) is 0 Å². The summed E-state index contributed by atoms with van der Waals surface area (Å²) in [5.41, 5.74) is 1.89. The number of rotatable bonds is 3. The van der Waals surface area contributed by atoms with Crippen LogP contribution in [0.1, 0.15) is 25.7 Å². The number of fused-ring (bicyclic) bond motifs is 2. The molecule has 2 fully saturated rings. The van der Waals surface area contributed by atoms with Gasteiger partial charge in [-0.3, -0.25) is 0 Å². The molecule has 0 unspecified atom stereocenters.